The van der Waals surface area contributed by atoms with Crippen LogP contribution < -0.4 is 5.32 Å². The van der Waals surface area contributed by atoms with Crippen LogP contribution in [0.25, 0.3) is 0 Å². The molecule has 0 aromatic heterocycles. The van der Waals surface area contributed by atoms with E-state index in [4.69, 9.17) is 12.2 Å². The van der Waals surface area contributed by atoms with E-state index in [9.17, 15) is 9.59 Å². The maximum atomic E-state index is 12.2. The molecule has 86 valence electrons. The van der Waals surface area contributed by atoms with Crippen molar-refractivity contribution in [1.82, 2.24) is 10.2 Å². The van der Waals surface area contributed by atoms with E-state index < -0.39 is 5.41 Å². The van der Waals surface area contributed by atoms with E-state index >= 15 is 0 Å². The average molecular weight is 238 g/mol. The molecule has 1 saturated heterocycles. The lowest BCUT2D eigenvalue weighted by Crippen LogP contribution is -2.63. The molecule has 0 saturated carbocycles. The van der Waals surface area contributed by atoms with E-state index in [1.54, 1.807) is 14.0 Å². The van der Waals surface area contributed by atoms with E-state index in [2.05, 4.69) is 5.32 Å². The SMILES string of the molecule is CN1C(=O)C(C)(C2C=CCC2)C(=O)NC1=S. The van der Waals surface area contributed by atoms with Gasteiger partial charge in [-0.25, -0.2) is 0 Å². The number of carbonyl (C=O) groups excluding carboxylic acids is 2. The first-order valence-corrected chi connectivity index (χ1v) is 5.69. The summed E-state index contributed by atoms with van der Waals surface area (Å²) in [5.41, 5.74) is -1.01. The Morgan fingerprint density at radius 2 is 2.25 bits per heavy atom. The summed E-state index contributed by atoms with van der Waals surface area (Å²) in [6.07, 6.45) is 5.74. The van der Waals surface area contributed by atoms with Gasteiger partial charge in [0.2, 0.25) is 11.8 Å². The molecule has 0 radical (unpaired) electrons. The van der Waals surface area contributed by atoms with Crippen molar-refractivity contribution in [1.29, 1.82) is 0 Å². The molecule has 0 aromatic rings. The fourth-order valence-electron chi connectivity index (χ4n) is 2.29. The molecule has 2 rings (SSSR count). The van der Waals surface area contributed by atoms with E-state index in [0.717, 1.165) is 12.8 Å². The minimum atomic E-state index is -1.01. The number of allylic oxidation sites excluding steroid dienone is 2. The minimum absolute atomic E-state index is 0.0226. The summed E-state index contributed by atoms with van der Waals surface area (Å²) in [4.78, 5) is 25.5. The van der Waals surface area contributed by atoms with Crippen LogP contribution in [-0.4, -0.2) is 28.9 Å². The van der Waals surface area contributed by atoms with Gasteiger partial charge in [-0.1, -0.05) is 12.2 Å². The molecule has 0 bridgehead atoms. The van der Waals surface area contributed by atoms with Crippen LogP contribution in [0.2, 0.25) is 0 Å². The van der Waals surface area contributed by atoms with Crippen molar-refractivity contribution in [2.24, 2.45) is 11.3 Å². The summed E-state index contributed by atoms with van der Waals surface area (Å²) in [6, 6.07) is 0. The lowest BCUT2D eigenvalue weighted by Gasteiger charge is -2.39. The number of nitrogens with zero attached hydrogens (tertiary/aromatic N) is 1. The summed E-state index contributed by atoms with van der Waals surface area (Å²) >= 11 is 4.91. The summed E-state index contributed by atoms with van der Waals surface area (Å²) < 4.78 is 0. The zero-order valence-corrected chi connectivity index (χ0v) is 10.1. The molecule has 2 amide bonds. The van der Waals surface area contributed by atoms with Gasteiger partial charge in [-0.3, -0.25) is 14.5 Å². The quantitative estimate of drug-likeness (QED) is 0.418. The monoisotopic (exact) mass is 238 g/mol. The molecule has 0 aromatic carbocycles. The third kappa shape index (κ3) is 1.38. The number of rotatable bonds is 1. The zero-order chi connectivity index (χ0) is 11.9. The highest BCUT2D eigenvalue weighted by Gasteiger charge is 2.52. The Hall–Kier alpha value is -1.23. The molecule has 5 heteroatoms. The largest absolute Gasteiger partial charge is 0.302 e. The predicted octanol–water partition coefficient (Wildman–Crippen LogP) is 0.832. The maximum Gasteiger partial charge on any atom is 0.244 e. The number of carbonyl (C=O) groups is 2. The first-order chi connectivity index (χ1) is 7.48. The van der Waals surface area contributed by atoms with Crippen molar-refractivity contribution >= 4 is 29.1 Å². The number of thiocarbonyl (C=S) groups is 1. The van der Waals surface area contributed by atoms with Crippen molar-refractivity contribution in [2.45, 2.75) is 19.8 Å². The zero-order valence-electron chi connectivity index (χ0n) is 9.32. The summed E-state index contributed by atoms with van der Waals surface area (Å²) in [5, 5.41) is 2.78. The van der Waals surface area contributed by atoms with Crippen molar-refractivity contribution in [2.75, 3.05) is 7.05 Å². The van der Waals surface area contributed by atoms with Crippen LogP contribution in [0.3, 0.4) is 0 Å². The Morgan fingerprint density at radius 3 is 2.81 bits per heavy atom. The molecule has 2 atom stereocenters. The maximum absolute atomic E-state index is 12.2. The number of nitrogens with one attached hydrogen (secondary N) is 1. The summed E-state index contributed by atoms with van der Waals surface area (Å²) in [5.74, 6) is -0.513. The third-order valence-corrected chi connectivity index (χ3v) is 3.88. The molecule has 2 unspecified atom stereocenters. The Morgan fingerprint density at radius 1 is 1.56 bits per heavy atom. The molecule has 4 nitrogen and oxygen atoms in total. The minimum Gasteiger partial charge on any atom is -0.302 e. The molecule has 1 N–H and O–H groups in total. The van der Waals surface area contributed by atoms with Crippen LogP contribution in [0.15, 0.2) is 12.2 Å². The van der Waals surface area contributed by atoms with Crippen LogP contribution in [0.4, 0.5) is 0 Å². The van der Waals surface area contributed by atoms with Crippen LogP contribution in [0, 0.1) is 11.3 Å². The van der Waals surface area contributed by atoms with Crippen LogP contribution in [-0.2, 0) is 9.59 Å². The summed E-state index contributed by atoms with van der Waals surface area (Å²) in [7, 11) is 1.60. The Bertz CT molecular complexity index is 405. The molecular formula is C11H14N2O2S. The van der Waals surface area contributed by atoms with Gasteiger partial charge in [-0.15, -0.1) is 0 Å². The molecule has 1 fully saturated rings. The topological polar surface area (TPSA) is 49.4 Å². The summed E-state index contributed by atoms with van der Waals surface area (Å²) in [6.45, 7) is 1.70. The van der Waals surface area contributed by atoms with E-state index in [0.29, 0.717) is 0 Å². The number of hydrogen-bond acceptors (Lipinski definition) is 3. The van der Waals surface area contributed by atoms with Gasteiger partial charge in [0.15, 0.2) is 5.11 Å². The van der Waals surface area contributed by atoms with Crippen LogP contribution in [0.5, 0.6) is 0 Å². The molecule has 1 heterocycles. The molecule has 16 heavy (non-hydrogen) atoms. The highest BCUT2D eigenvalue weighted by molar-refractivity contribution is 7.80. The molecule has 1 aliphatic carbocycles. The smallest absolute Gasteiger partial charge is 0.244 e. The van der Waals surface area contributed by atoms with Gasteiger partial charge in [-0.2, -0.15) is 0 Å². The van der Waals surface area contributed by atoms with Crippen molar-refractivity contribution in [3.05, 3.63) is 12.2 Å². The average Bonchev–Trinajstić information content (AvgIpc) is 2.77. The Kier molecular flexibility index (Phi) is 2.58. The number of amides is 2. The first kappa shape index (κ1) is 11.3. The Labute approximate surface area is 99.7 Å². The van der Waals surface area contributed by atoms with Gasteiger partial charge in [0, 0.05) is 13.0 Å². The van der Waals surface area contributed by atoms with Crippen LogP contribution in [0.1, 0.15) is 19.8 Å². The van der Waals surface area contributed by atoms with Gasteiger partial charge in [0.25, 0.3) is 0 Å². The fraction of sp³-hybridized carbons (Fsp3) is 0.545. The number of hydrogen-bond donors (Lipinski definition) is 1. The standard InChI is InChI=1S/C11H14N2O2S/c1-11(7-5-3-4-6-7)8(14)12-10(16)13(2)9(11)15/h3,5,7H,4,6H2,1-2H3,(H,12,14,16). The van der Waals surface area contributed by atoms with Crippen molar-refractivity contribution in [3.63, 3.8) is 0 Å². The van der Waals surface area contributed by atoms with Gasteiger partial charge in [0.05, 0.1) is 0 Å². The normalized spacial score (nSPS) is 34.5. The second kappa shape index (κ2) is 3.66. The first-order valence-electron chi connectivity index (χ1n) is 5.28. The van der Waals surface area contributed by atoms with E-state index in [1.807, 2.05) is 12.2 Å². The lowest BCUT2D eigenvalue weighted by atomic mass is 9.74. The highest BCUT2D eigenvalue weighted by Crippen LogP contribution is 2.39. The second-order valence-electron chi connectivity index (χ2n) is 4.44. The van der Waals surface area contributed by atoms with Crippen LogP contribution >= 0.6 is 12.2 Å². The van der Waals surface area contributed by atoms with E-state index in [-0.39, 0.29) is 22.8 Å². The van der Waals surface area contributed by atoms with Gasteiger partial charge >= 0.3 is 0 Å². The van der Waals surface area contributed by atoms with E-state index in [1.165, 1.54) is 4.90 Å². The highest BCUT2D eigenvalue weighted by atomic mass is 32.1. The lowest BCUT2D eigenvalue weighted by molar-refractivity contribution is -0.150. The fourth-order valence-corrected chi connectivity index (χ4v) is 2.46. The molecule has 1 aliphatic heterocycles. The van der Waals surface area contributed by atoms with Crippen molar-refractivity contribution < 1.29 is 9.59 Å². The second-order valence-corrected chi connectivity index (χ2v) is 4.82. The molecule has 0 spiro atoms. The Balaban J connectivity index is 2.37. The van der Waals surface area contributed by atoms with Gasteiger partial charge in [-0.05, 0) is 32.0 Å². The van der Waals surface area contributed by atoms with Gasteiger partial charge in [0.1, 0.15) is 5.41 Å². The van der Waals surface area contributed by atoms with Gasteiger partial charge < -0.3 is 5.32 Å². The molecular weight excluding hydrogens is 224 g/mol. The molecule has 2 aliphatic rings. The predicted molar refractivity (Wildman–Crippen MR) is 63.5 cm³/mol. The third-order valence-electron chi connectivity index (χ3n) is 3.50. The van der Waals surface area contributed by atoms with Crippen molar-refractivity contribution in [3.8, 4) is 0 Å².